The molecular weight excluding hydrogens is 679 g/mol. The van der Waals surface area contributed by atoms with Gasteiger partial charge in [-0.25, -0.2) is 8.78 Å². The summed E-state index contributed by atoms with van der Waals surface area (Å²) in [6.45, 7) is 7.11. The molecule has 52 heavy (non-hydrogen) atoms. The summed E-state index contributed by atoms with van der Waals surface area (Å²) in [6.07, 6.45) is -4.29. The monoisotopic (exact) mass is 718 g/mol. The van der Waals surface area contributed by atoms with Gasteiger partial charge < -0.3 is 14.2 Å². The van der Waals surface area contributed by atoms with E-state index < -0.39 is 34.5 Å². The van der Waals surface area contributed by atoms with Crippen molar-refractivity contribution in [2.45, 2.75) is 51.5 Å². The van der Waals surface area contributed by atoms with Gasteiger partial charge in [0, 0.05) is 38.1 Å². The Labute approximate surface area is 298 Å². The first-order valence-corrected chi connectivity index (χ1v) is 17.1. The molecule has 0 aliphatic carbocycles. The summed E-state index contributed by atoms with van der Waals surface area (Å²) in [7, 11) is 0. The molecular formula is C40H39F5N4O3. The fourth-order valence-corrected chi connectivity index (χ4v) is 6.70. The second kappa shape index (κ2) is 15.3. The molecule has 272 valence electrons. The van der Waals surface area contributed by atoms with E-state index in [-0.39, 0.29) is 43.2 Å². The Hall–Kier alpha value is -4.94. The number of fused-ring (bicyclic) bond motifs is 1. The molecule has 0 atom stereocenters. The number of hydrogen-bond acceptors (Lipinski definition) is 5. The van der Waals surface area contributed by atoms with Crippen LogP contribution >= 0.6 is 0 Å². The Morgan fingerprint density at radius 1 is 0.846 bits per heavy atom. The Morgan fingerprint density at radius 2 is 1.50 bits per heavy atom. The molecule has 4 aromatic carbocycles. The van der Waals surface area contributed by atoms with Crippen LogP contribution in [0.2, 0.25) is 0 Å². The summed E-state index contributed by atoms with van der Waals surface area (Å²) >= 11 is 0. The van der Waals surface area contributed by atoms with Crippen LogP contribution in [0, 0.1) is 11.6 Å². The van der Waals surface area contributed by atoms with Gasteiger partial charge in [-0.2, -0.15) is 18.2 Å². The van der Waals surface area contributed by atoms with E-state index in [2.05, 4.69) is 23.7 Å². The van der Waals surface area contributed by atoms with E-state index in [0.717, 1.165) is 29.3 Å². The number of carbonyl (C=O) groups excluding carboxylic acids is 1. The lowest BCUT2D eigenvalue weighted by Crippen LogP contribution is -2.56. The number of nitrogens with zero attached hydrogens (tertiary/aromatic N) is 4. The lowest BCUT2D eigenvalue weighted by molar-refractivity contribution is -0.137. The van der Waals surface area contributed by atoms with Crippen molar-refractivity contribution in [2.75, 3.05) is 32.8 Å². The largest absolute Gasteiger partial charge is 0.416 e. The average molecular weight is 719 g/mol. The van der Waals surface area contributed by atoms with Gasteiger partial charge in [-0.05, 0) is 72.9 Å². The van der Waals surface area contributed by atoms with Crippen LogP contribution in [0.4, 0.5) is 22.0 Å². The quantitative estimate of drug-likeness (QED) is 0.134. The Morgan fingerprint density at radius 3 is 2.17 bits per heavy atom. The smallest absolute Gasteiger partial charge is 0.379 e. The van der Waals surface area contributed by atoms with Crippen molar-refractivity contribution < 1.29 is 31.5 Å². The number of amides is 1. The van der Waals surface area contributed by atoms with Crippen LogP contribution in [0.15, 0.2) is 95.8 Å². The predicted molar refractivity (Wildman–Crippen MR) is 189 cm³/mol. The number of para-hydroxylation sites is 1. The van der Waals surface area contributed by atoms with Gasteiger partial charge in [-0.1, -0.05) is 60.7 Å². The van der Waals surface area contributed by atoms with Gasteiger partial charge >= 0.3 is 6.18 Å². The van der Waals surface area contributed by atoms with E-state index in [1.54, 1.807) is 33.7 Å². The third kappa shape index (κ3) is 8.40. The molecule has 0 spiro atoms. The molecule has 1 aliphatic rings. The van der Waals surface area contributed by atoms with Crippen LogP contribution in [-0.4, -0.2) is 63.6 Å². The van der Waals surface area contributed by atoms with Crippen LogP contribution in [-0.2, 0) is 41.6 Å². The maximum absolute atomic E-state index is 14.6. The topological polar surface area (TPSA) is 67.7 Å². The zero-order chi connectivity index (χ0) is 37.0. The van der Waals surface area contributed by atoms with Crippen molar-refractivity contribution in [3.05, 3.63) is 135 Å². The molecule has 1 amide bonds. The first kappa shape index (κ1) is 36.8. The molecule has 1 aromatic heterocycles. The SMILES string of the molecule is CC(C)(CN(Cc1ccc(-c2ccc(C(F)(F)F)cc2)cc1)C(=O)Cn1c(CCc2cccc(F)c2F)nc(=O)c2ccccc21)N1CCOCC1. The molecule has 5 aromatic rings. The molecule has 0 saturated carbocycles. The molecule has 1 saturated heterocycles. The normalized spacial score (nSPS) is 14.1. The minimum Gasteiger partial charge on any atom is -0.379 e. The van der Waals surface area contributed by atoms with E-state index in [1.165, 1.54) is 24.3 Å². The number of benzene rings is 4. The van der Waals surface area contributed by atoms with Gasteiger partial charge in [-0.3, -0.25) is 14.5 Å². The minimum atomic E-state index is -4.43. The average Bonchev–Trinajstić information content (AvgIpc) is 3.13. The van der Waals surface area contributed by atoms with Crippen LogP contribution in [0.1, 0.15) is 36.4 Å². The van der Waals surface area contributed by atoms with Gasteiger partial charge in [0.2, 0.25) is 5.91 Å². The first-order valence-electron chi connectivity index (χ1n) is 17.1. The highest BCUT2D eigenvalue weighted by atomic mass is 19.4. The highest BCUT2D eigenvalue weighted by Gasteiger charge is 2.33. The molecule has 6 rings (SSSR count). The number of carbonyl (C=O) groups is 1. The molecule has 0 unspecified atom stereocenters. The van der Waals surface area contributed by atoms with E-state index in [9.17, 15) is 31.5 Å². The number of ether oxygens (including phenoxy) is 1. The number of aromatic nitrogens is 2. The molecule has 0 radical (unpaired) electrons. The standard InChI is InChI=1S/C40H39F5N4O3/c1-39(2,48-20-22-52-23-21-48)26-47(24-27-10-12-28(13-11-27)29-14-17-31(18-15-29)40(43,44)45)36(50)25-49-34-9-4-3-7-32(34)38(51)46-35(49)19-16-30-6-5-8-33(41)37(30)42/h3-15,17-18H,16,19-26H2,1-2H3. The van der Waals surface area contributed by atoms with Crippen molar-refractivity contribution >= 4 is 16.8 Å². The number of morpholine rings is 1. The molecule has 12 heteroatoms. The molecule has 0 bridgehead atoms. The van der Waals surface area contributed by atoms with Crippen LogP contribution < -0.4 is 5.56 Å². The van der Waals surface area contributed by atoms with Crippen LogP contribution in [0.3, 0.4) is 0 Å². The maximum Gasteiger partial charge on any atom is 0.416 e. The number of hydrogen-bond donors (Lipinski definition) is 0. The predicted octanol–water partition coefficient (Wildman–Crippen LogP) is 7.29. The molecule has 0 N–H and O–H groups in total. The number of aryl methyl sites for hydroxylation is 2. The fourth-order valence-electron chi connectivity index (χ4n) is 6.70. The maximum atomic E-state index is 14.6. The van der Waals surface area contributed by atoms with Gasteiger partial charge in [0.1, 0.15) is 12.4 Å². The minimum absolute atomic E-state index is 0.0572. The highest BCUT2D eigenvalue weighted by molar-refractivity contribution is 5.82. The molecule has 7 nitrogen and oxygen atoms in total. The van der Waals surface area contributed by atoms with Gasteiger partial charge in [0.15, 0.2) is 11.6 Å². The molecule has 1 aliphatic heterocycles. The van der Waals surface area contributed by atoms with E-state index in [1.807, 2.05) is 24.3 Å². The zero-order valence-corrected chi connectivity index (χ0v) is 28.9. The highest BCUT2D eigenvalue weighted by Crippen LogP contribution is 2.31. The summed E-state index contributed by atoms with van der Waals surface area (Å²) in [5, 5.41) is 0.329. The second-order valence-electron chi connectivity index (χ2n) is 13.6. The van der Waals surface area contributed by atoms with Crippen LogP contribution in [0.5, 0.6) is 0 Å². The van der Waals surface area contributed by atoms with Crippen molar-refractivity contribution in [3.63, 3.8) is 0 Å². The summed E-state index contributed by atoms with van der Waals surface area (Å²) in [6, 6.07) is 23.1. The van der Waals surface area contributed by atoms with Crippen molar-refractivity contribution in [2.24, 2.45) is 0 Å². The lowest BCUT2D eigenvalue weighted by atomic mass is 9.99. The summed E-state index contributed by atoms with van der Waals surface area (Å²) in [5.41, 5.74) is 1.16. The Kier molecular flexibility index (Phi) is 10.9. The third-order valence-corrected chi connectivity index (χ3v) is 9.58. The van der Waals surface area contributed by atoms with Crippen LogP contribution in [0.25, 0.3) is 22.0 Å². The molecule has 2 heterocycles. The third-order valence-electron chi connectivity index (χ3n) is 9.58. The number of halogens is 5. The van der Waals surface area contributed by atoms with Crippen molar-refractivity contribution in [1.82, 2.24) is 19.4 Å². The Bertz CT molecular complexity index is 2090. The van der Waals surface area contributed by atoms with Gasteiger partial charge in [0.25, 0.3) is 5.56 Å². The van der Waals surface area contributed by atoms with E-state index in [0.29, 0.717) is 49.3 Å². The Balaban J connectivity index is 1.30. The second-order valence-corrected chi connectivity index (χ2v) is 13.6. The van der Waals surface area contributed by atoms with E-state index >= 15 is 0 Å². The van der Waals surface area contributed by atoms with Gasteiger partial charge in [0.05, 0.1) is 29.7 Å². The zero-order valence-electron chi connectivity index (χ0n) is 28.9. The summed E-state index contributed by atoms with van der Waals surface area (Å²) in [4.78, 5) is 35.9. The van der Waals surface area contributed by atoms with Crippen molar-refractivity contribution in [1.29, 1.82) is 0 Å². The first-order chi connectivity index (χ1) is 24.8. The van der Waals surface area contributed by atoms with E-state index in [4.69, 9.17) is 4.74 Å². The number of rotatable bonds is 11. The summed E-state index contributed by atoms with van der Waals surface area (Å²) < 4.78 is 75.1. The lowest BCUT2D eigenvalue weighted by Gasteiger charge is -2.43. The summed E-state index contributed by atoms with van der Waals surface area (Å²) in [5.74, 6) is -1.91. The molecule has 1 fully saturated rings. The number of alkyl halides is 3. The van der Waals surface area contributed by atoms with Gasteiger partial charge in [-0.15, -0.1) is 0 Å². The fraction of sp³-hybridized carbons (Fsp3) is 0.325. The van der Waals surface area contributed by atoms with Crippen molar-refractivity contribution in [3.8, 4) is 11.1 Å².